The maximum absolute atomic E-state index is 12.7. The van der Waals surface area contributed by atoms with E-state index in [-0.39, 0.29) is 5.91 Å². The van der Waals surface area contributed by atoms with Crippen LogP contribution in [0.15, 0.2) is 17.0 Å². The third kappa shape index (κ3) is 4.38. The van der Waals surface area contributed by atoms with E-state index in [1.54, 1.807) is 12.1 Å². The van der Waals surface area contributed by atoms with Crippen molar-refractivity contribution >= 4 is 22.4 Å². The van der Waals surface area contributed by atoms with Gasteiger partial charge in [0.05, 0.1) is 34.1 Å². The predicted octanol–water partition coefficient (Wildman–Crippen LogP) is 2.01. The number of rotatable bonds is 8. The van der Waals surface area contributed by atoms with Crippen LogP contribution in [0.25, 0.3) is 0 Å². The Balaban J connectivity index is 1.69. The highest BCUT2D eigenvalue weighted by Crippen LogP contribution is 2.32. The number of benzene rings is 1. The van der Waals surface area contributed by atoms with Crippen molar-refractivity contribution in [3.8, 4) is 5.75 Å². The number of anilines is 1. The first-order valence-corrected chi connectivity index (χ1v) is 10.7. The zero-order chi connectivity index (χ0) is 18.7. The molecule has 2 aliphatic rings. The van der Waals surface area contributed by atoms with Gasteiger partial charge in [-0.15, -0.1) is 0 Å². The van der Waals surface area contributed by atoms with Crippen LogP contribution in [0.3, 0.4) is 0 Å². The zero-order valence-electron chi connectivity index (χ0n) is 15.6. The second-order valence-corrected chi connectivity index (χ2v) is 8.88. The lowest BCUT2D eigenvalue weighted by Gasteiger charge is -2.24. The Bertz CT molecular complexity index is 691. The van der Waals surface area contributed by atoms with E-state index in [9.17, 15) is 9.00 Å². The number of ether oxygens (including phenoxy) is 1. The summed E-state index contributed by atoms with van der Waals surface area (Å²) in [4.78, 5) is 15.8. The predicted molar refractivity (Wildman–Crippen MR) is 104 cm³/mol. The molecule has 1 saturated heterocycles. The monoisotopic (exact) mass is 379 g/mol. The van der Waals surface area contributed by atoms with E-state index in [2.05, 4.69) is 10.2 Å². The zero-order valence-corrected chi connectivity index (χ0v) is 16.4. The summed E-state index contributed by atoms with van der Waals surface area (Å²) in [5.41, 5.74) is 6.76. The maximum atomic E-state index is 12.7. The minimum Gasteiger partial charge on any atom is -0.496 e. The van der Waals surface area contributed by atoms with Crippen LogP contribution >= 0.6 is 0 Å². The molecule has 1 saturated carbocycles. The van der Waals surface area contributed by atoms with Crippen molar-refractivity contribution < 1.29 is 13.7 Å². The van der Waals surface area contributed by atoms with E-state index in [1.807, 2.05) is 6.92 Å². The van der Waals surface area contributed by atoms with Gasteiger partial charge in [0.15, 0.2) is 0 Å². The number of carbonyl (C=O) groups is 1. The second-order valence-electron chi connectivity index (χ2n) is 7.17. The van der Waals surface area contributed by atoms with Crippen molar-refractivity contribution in [2.75, 3.05) is 38.2 Å². The van der Waals surface area contributed by atoms with E-state index < -0.39 is 10.8 Å². The molecule has 1 aromatic carbocycles. The third-order valence-electron chi connectivity index (χ3n) is 5.27. The first-order valence-electron chi connectivity index (χ1n) is 9.41. The Labute approximate surface area is 157 Å². The molecule has 6 nitrogen and oxygen atoms in total. The summed E-state index contributed by atoms with van der Waals surface area (Å²) in [6.45, 7) is 4.74. The van der Waals surface area contributed by atoms with Crippen LogP contribution < -0.4 is 15.8 Å². The van der Waals surface area contributed by atoms with Gasteiger partial charge in [0.25, 0.3) is 5.91 Å². The third-order valence-corrected chi connectivity index (χ3v) is 6.64. The van der Waals surface area contributed by atoms with E-state index in [1.165, 1.54) is 26.4 Å². The van der Waals surface area contributed by atoms with Crippen molar-refractivity contribution in [3.63, 3.8) is 0 Å². The van der Waals surface area contributed by atoms with Crippen molar-refractivity contribution in [3.05, 3.63) is 17.7 Å². The minimum absolute atomic E-state index is 0.200. The number of hydrogen-bond donors (Lipinski definition) is 2. The van der Waals surface area contributed by atoms with Crippen LogP contribution in [-0.4, -0.2) is 53.6 Å². The molecule has 0 bridgehead atoms. The quantitative estimate of drug-likeness (QED) is 0.675. The second kappa shape index (κ2) is 8.39. The molecule has 1 aliphatic carbocycles. The number of nitrogens with zero attached hydrogens (tertiary/aromatic N) is 1. The summed E-state index contributed by atoms with van der Waals surface area (Å²) in [7, 11) is 0.291. The molecule has 2 atom stereocenters. The average molecular weight is 380 g/mol. The van der Waals surface area contributed by atoms with Gasteiger partial charge in [-0.3, -0.25) is 13.9 Å². The number of nitrogens with one attached hydrogen (secondary N) is 1. The molecule has 0 radical (unpaired) electrons. The van der Waals surface area contributed by atoms with Crippen LogP contribution in [-0.2, 0) is 10.8 Å². The summed E-state index contributed by atoms with van der Waals surface area (Å²) in [5.74, 6) is 1.53. The topological polar surface area (TPSA) is 84.7 Å². The van der Waals surface area contributed by atoms with Crippen LogP contribution in [0.1, 0.15) is 43.0 Å². The summed E-state index contributed by atoms with van der Waals surface area (Å²) >= 11 is 0. The lowest BCUT2D eigenvalue weighted by Crippen LogP contribution is -2.41. The van der Waals surface area contributed by atoms with E-state index in [0.29, 0.717) is 40.2 Å². The lowest BCUT2D eigenvalue weighted by atomic mass is 10.1. The number of amides is 1. The molecule has 1 aromatic rings. The fourth-order valence-corrected chi connectivity index (χ4v) is 4.46. The Morgan fingerprint density at radius 3 is 2.81 bits per heavy atom. The van der Waals surface area contributed by atoms with E-state index in [0.717, 1.165) is 25.4 Å². The van der Waals surface area contributed by atoms with Gasteiger partial charge in [-0.2, -0.15) is 0 Å². The van der Waals surface area contributed by atoms with Gasteiger partial charge in [-0.1, -0.05) is 6.92 Å². The standard InChI is InChI=1S/C19H29N3O3S/c1-3-26(24)18-9-15(17(25-2)10-16(18)20)19(23)21-11-14-5-4-8-22(14)12-13-6-7-13/h9-10,13-14H,3-8,11-12,20H2,1-2H3,(H,21,23). The molecule has 1 amide bonds. The Morgan fingerprint density at radius 2 is 2.15 bits per heavy atom. The number of hydrogen-bond acceptors (Lipinski definition) is 5. The molecule has 0 aromatic heterocycles. The number of nitrogen functional groups attached to an aromatic ring is 1. The number of likely N-dealkylation sites (tertiary alicyclic amines) is 1. The van der Waals surface area contributed by atoms with Crippen LogP contribution in [0, 0.1) is 5.92 Å². The molecule has 0 spiro atoms. The van der Waals surface area contributed by atoms with Crippen LogP contribution in [0.2, 0.25) is 0 Å². The van der Waals surface area contributed by atoms with Crippen molar-refractivity contribution in [1.82, 2.24) is 10.2 Å². The highest BCUT2D eigenvalue weighted by Gasteiger charge is 2.31. The molecule has 2 unspecified atom stereocenters. The molecule has 26 heavy (non-hydrogen) atoms. The summed E-state index contributed by atoms with van der Waals surface area (Å²) in [6.07, 6.45) is 5.00. The fourth-order valence-electron chi connectivity index (χ4n) is 3.58. The molecule has 3 N–H and O–H groups in total. The number of carbonyl (C=O) groups excluding carboxylic acids is 1. The van der Waals surface area contributed by atoms with Crippen LogP contribution in [0.4, 0.5) is 5.69 Å². The molecule has 7 heteroatoms. The van der Waals surface area contributed by atoms with Crippen molar-refractivity contribution in [2.24, 2.45) is 5.92 Å². The highest BCUT2D eigenvalue weighted by molar-refractivity contribution is 7.85. The van der Waals surface area contributed by atoms with E-state index in [4.69, 9.17) is 10.5 Å². The summed E-state index contributed by atoms with van der Waals surface area (Å²) in [5, 5.41) is 3.04. The maximum Gasteiger partial charge on any atom is 0.255 e. The smallest absolute Gasteiger partial charge is 0.255 e. The van der Waals surface area contributed by atoms with Crippen molar-refractivity contribution in [1.29, 1.82) is 0 Å². The first kappa shape index (κ1) is 19.2. The van der Waals surface area contributed by atoms with Gasteiger partial charge in [-0.25, -0.2) is 0 Å². The number of nitrogens with two attached hydrogens (primary N) is 1. The van der Waals surface area contributed by atoms with Gasteiger partial charge in [0.1, 0.15) is 5.75 Å². The van der Waals surface area contributed by atoms with Crippen LogP contribution in [0.5, 0.6) is 5.75 Å². The lowest BCUT2D eigenvalue weighted by molar-refractivity contribution is 0.0937. The SMILES string of the molecule is CCS(=O)c1cc(C(=O)NCC2CCCN2CC2CC2)c(OC)cc1N. The van der Waals surface area contributed by atoms with Gasteiger partial charge >= 0.3 is 0 Å². The Kier molecular flexibility index (Phi) is 6.19. The Morgan fingerprint density at radius 1 is 1.38 bits per heavy atom. The van der Waals surface area contributed by atoms with Crippen molar-refractivity contribution in [2.45, 2.75) is 43.5 Å². The molecule has 1 heterocycles. The molecular weight excluding hydrogens is 350 g/mol. The Hall–Kier alpha value is -1.60. The average Bonchev–Trinajstić information content (AvgIpc) is 3.35. The molecule has 2 fully saturated rings. The van der Waals surface area contributed by atoms with E-state index >= 15 is 0 Å². The molecule has 144 valence electrons. The summed E-state index contributed by atoms with van der Waals surface area (Å²) < 4.78 is 17.5. The molecule has 1 aliphatic heterocycles. The fraction of sp³-hybridized carbons (Fsp3) is 0.632. The largest absolute Gasteiger partial charge is 0.496 e. The highest BCUT2D eigenvalue weighted by atomic mass is 32.2. The molecular formula is C19H29N3O3S. The molecule has 3 rings (SSSR count). The number of methoxy groups -OCH3 is 1. The minimum atomic E-state index is -1.22. The van der Waals surface area contributed by atoms with Gasteiger partial charge < -0.3 is 15.8 Å². The van der Waals surface area contributed by atoms with Gasteiger partial charge in [0.2, 0.25) is 0 Å². The normalized spacial score (nSPS) is 21.5. The van der Waals surface area contributed by atoms with Gasteiger partial charge in [-0.05, 0) is 44.2 Å². The summed E-state index contributed by atoms with van der Waals surface area (Å²) in [6, 6.07) is 3.61. The first-order chi connectivity index (χ1) is 12.5. The van der Waals surface area contributed by atoms with Gasteiger partial charge in [0, 0.05) is 31.0 Å².